The van der Waals surface area contributed by atoms with Gasteiger partial charge in [0.15, 0.2) is 0 Å². The molecular weight excluding hydrogens is 483 g/mol. The first-order valence-electron chi connectivity index (χ1n) is 13.1. The summed E-state index contributed by atoms with van der Waals surface area (Å²) in [6, 6.07) is 15.8. The SMILES string of the molecule is C=C(NC)c1cc(Cc2ccc(C)c(N=C(C)CC)c2)ccn1.CC.CC.Cc1cccc(C(F)(F)F)c1. The van der Waals surface area contributed by atoms with E-state index in [2.05, 4.69) is 61.9 Å². The third-order valence-corrected chi connectivity index (χ3v) is 5.29. The zero-order valence-electron chi connectivity index (χ0n) is 24.4. The van der Waals surface area contributed by atoms with Crippen LogP contribution in [0.25, 0.3) is 5.70 Å². The molecule has 2 aromatic carbocycles. The number of aliphatic imine (C=N–C) groups is 1. The molecule has 3 rings (SSSR count). The lowest BCUT2D eigenvalue weighted by Gasteiger charge is -2.09. The Kier molecular flexibility index (Phi) is 16.3. The van der Waals surface area contributed by atoms with E-state index in [4.69, 9.17) is 4.99 Å². The number of hydrogen-bond acceptors (Lipinski definition) is 3. The summed E-state index contributed by atoms with van der Waals surface area (Å²) in [7, 11) is 1.86. The molecule has 1 N–H and O–H groups in total. The molecule has 6 heteroatoms. The second-order valence-corrected chi connectivity index (χ2v) is 8.14. The number of rotatable bonds is 6. The van der Waals surface area contributed by atoms with E-state index in [9.17, 15) is 13.2 Å². The number of halogens is 3. The molecule has 1 heterocycles. The highest BCUT2D eigenvalue weighted by Gasteiger charge is 2.29. The van der Waals surface area contributed by atoms with E-state index < -0.39 is 11.7 Å². The molecule has 208 valence electrons. The average Bonchev–Trinajstić information content (AvgIpc) is 2.92. The standard InChI is InChI=1S/C20H25N3.C8H7F3.2C2H6/c1-6-15(3)23-19-12-17(8-7-14(19)2)11-18-9-10-22-20(13-18)16(4)21-5;1-6-3-2-4-7(5-6)8(9,10)11;2*1-2/h7-10,12-13,21H,4,6,11H2,1-3,5H3;2-5H,1H3;2*1-2H3. The number of hydrogen-bond donors (Lipinski definition) is 1. The summed E-state index contributed by atoms with van der Waals surface area (Å²) in [6.45, 7) is 19.9. The molecule has 0 aliphatic rings. The summed E-state index contributed by atoms with van der Waals surface area (Å²) in [5.74, 6) is 0. The van der Waals surface area contributed by atoms with Crippen LogP contribution in [0.3, 0.4) is 0 Å². The average molecular weight is 528 g/mol. The summed E-state index contributed by atoms with van der Waals surface area (Å²) in [6.07, 6.45) is -0.544. The Hall–Kier alpha value is -3.41. The Morgan fingerprint density at radius 1 is 0.947 bits per heavy atom. The van der Waals surface area contributed by atoms with Crippen molar-refractivity contribution in [3.63, 3.8) is 0 Å². The Balaban J connectivity index is 0.000000763. The van der Waals surface area contributed by atoms with Gasteiger partial charge in [0.25, 0.3) is 0 Å². The van der Waals surface area contributed by atoms with Crippen LogP contribution in [-0.2, 0) is 12.6 Å². The van der Waals surface area contributed by atoms with Gasteiger partial charge in [-0.3, -0.25) is 9.98 Å². The van der Waals surface area contributed by atoms with Crippen LogP contribution in [0.1, 0.15) is 81.5 Å². The van der Waals surface area contributed by atoms with Crippen LogP contribution >= 0.6 is 0 Å². The van der Waals surface area contributed by atoms with Crippen LogP contribution in [0.5, 0.6) is 0 Å². The summed E-state index contributed by atoms with van der Waals surface area (Å²) in [5, 5.41) is 3.04. The first-order chi connectivity index (χ1) is 18.0. The van der Waals surface area contributed by atoms with E-state index >= 15 is 0 Å². The Labute approximate surface area is 228 Å². The fourth-order valence-corrected chi connectivity index (χ4v) is 3.10. The normalized spacial score (nSPS) is 10.6. The number of pyridine rings is 1. The minimum atomic E-state index is -4.22. The topological polar surface area (TPSA) is 37.3 Å². The van der Waals surface area contributed by atoms with Crippen molar-refractivity contribution >= 4 is 17.1 Å². The maximum Gasteiger partial charge on any atom is 0.416 e. The number of nitrogens with zero attached hydrogens (tertiary/aromatic N) is 2. The third kappa shape index (κ3) is 12.2. The van der Waals surface area contributed by atoms with Crippen LogP contribution < -0.4 is 5.32 Å². The van der Waals surface area contributed by atoms with Crippen molar-refractivity contribution in [3.8, 4) is 0 Å². The van der Waals surface area contributed by atoms with E-state index in [0.717, 1.165) is 47.8 Å². The smallest absolute Gasteiger partial charge is 0.387 e. The van der Waals surface area contributed by atoms with Crippen molar-refractivity contribution in [2.24, 2.45) is 4.99 Å². The maximum atomic E-state index is 12.0. The van der Waals surface area contributed by atoms with E-state index in [-0.39, 0.29) is 0 Å². The van der Waals surface area contributed by atoms with Gasteiger partial charge < -0.3 is 5.32 Å². The summed E-state index contributed by atoms with van der Waals surface area (Å²) >= 11 is 0. The third-order valence-electron chi connectivity index (χ3n) is 5.29. The number of nitrogens with one attached hydrogen (secondary N) is 1. The van der Waals surface area contributed by atoms with Crippen LogP contribution in [-0.4, -0.2) is 17.7 Å². The van der Waals surface area contributed by atoms with Gasteiger partial charge in [0.1, 0.15) is 0 Å². The van der Waals surface area contributed by atoms with Crippen molar-refractivity contribution < 1.29 is 13.2 Å². The second kappa shape index (κ2) is 17.9. The zero-order valence-corrected chi connectivity index (χ0v) is 24.4. The number of aromatic nitrogens is 1. The van der Waals surface area contributed by atoms with Crippen LogP contribution in [0.4, 0.5) is 18.9 Å². The van der Waals surface area contributed by atoms with Crippen molar-refractivity contribution in [2.75, 3.05) is 7.05 Å². The molecule has 0 saturated heterocycles. The minimum absolute atomic E-state index is 0.586. The highest BCUT2D eigenvalue weighted by Crippen LogP contribution is 2.29. The van der Waals surface area contributed by atoms with E-state index in [1.807, 2.05) is 47.0 Å². The van der Waals surface area contributed by atoms with Crippen molar-refractivity contribution in [1.29, 1.82) is 0 Å². The molecule has 1 aromatic heterocycles. The molecule has 3 nitrogen and oxygen atoms in total. The van der Waals surface area contributed by atoms with Crippen molar-refractivity contribution in [2.45, 2.75) is 74.4 Å². The van der Waals surface area contributed by atoms with Gasteiger partial charge in [-0.15, -0.1) is 0 Å². The molecule has 0 fully saturated rings. The lowest BCUT2D eigenvalue weighted by molar-refractivity contribution is -0.137. The first-order valence-corrected chi connectivity index (χ1v) is 13.1. The fraction of sp³-hybridized carbons (Fsp3) is 0.375. The monoisotopic (exact) mass is 527 g/mol. The van der Waals surface area contributed by atoms with Crippen LogP contribution in [0.2, 0.25) is 0 Å². The molecule has 0 atom stereocenters. The molecule has 38 heavy (non-hydrogen) atoms. The highest BCUT2D eigenvalue weighted by atomic mass is 19.4. The zero-order chi connectivity index (χ0) is 29.3. The quantitative estimate of drug-likeness (QED) is 0.324. The lowest BCUT2D eigenvalue weighted by Crippen LogP contribution is -2.05. The van der Waals surface area contributed by atoms with E-state index in [1.165, 1.54) is 22.8 Å². The first kappa shape index (κ1) is 34.6. The Bertz CT molecular complexity index is 1150. The predicted molar refractivity (Wildman–Crippen MR) is 158 cm³/mol. The number of aryl methyl sites for hydroxylation is 2. The minimum Gasteiger partial charge on any atom is -0.387 e. The summed E-state index contributed by atoms with van der Waals surface area (Å²) in [4.78, 5) is 9.07. The molecular formula is C32H44F3N3. The predicted octanol–water partition coefficient (Wildman–Crippen LogP) is 9.74. The summed E-state index contributed by atoms with van der Waals surface area (Å²) in [5.41, 5.74) is 7.66. The second-order valence-electron chi connectivity index (χ2n) is 8.14. The van der Waals surface area contributed by atoms with Gasteiger partial charge in [-0.2, -0.15) is 13.2 Å². The molecule has 0 radical (unpaired) electrons. The van der Waals surface area contributed by atoms with Gasteiger partial charge in [-0.05, 0) is 74.6 Å². The highest BCUT2D eigenvalue weighted by molar-refractivity contribution is 5.84. The van der Waals surface area contributed by atoms with Crippen LogP contribution in [0, 0.1) is 13.8 Å². The Morgan fingerprint density at radius 3 is 2.11 bits per heavy atom. The molecule has 0 unspecified atom stereocenters. The van der Waals surface area contributed by atoms with Gasteiger partial charge in [0.05, 0.1) is 22.6 Å². The van der Waals surface area contributed by atoms with Gasteiger partial charge in [-0.25, -0.2) is 0 Å². The van der Waals surface area contributed by atoms with E-state index in [0.29, 0.717) is 5.56 Å². The van der Waals surface area contributed by atoms with Gasteiger partial charge in [0.2, 0.25) is 0 Å². The number of alkyl halides is 3. The number of benzene rings is 2. The molecule has 0 saturated carbocycles. The molecule has 0 aliphatic carbocycles. The van der Waals surface area contributed by atoms with Crippen LogP contribution in [0.15, 0.2) is 72.4 Å². The van der Waals surface area contributed by atoms with Gasteiger partial charge >= 0.3 is 6.18 Å². The molecule has 3 aromatic rings. The van der Waals surface area contributed by atoms with E-state index in [1.54, 1.807) is 13.0 Å². The summed E-state index contributed by atoms with van der Waals surface area (Å²) < 4.78 is 35.9. The van der Waals surface area contributed by atoms with Gasteiger partial charge in [-0.1, -0.05) is 77.1 Å². The molecule has 0 amide bonds. The molecule has 0 bridgehead atoms. The Morgan fingerprint density at radius 2 is 1.58 bits per heavy atom. The van der Waals surface area contributed by atoms with Crippen molar-refractivity contribution in [1.82, 2.24) is 10.3 Å². The molecule has 0 aliphatic heterocycles. The molecule has 0 spiro atoms. The largest absolute Gasteiger partial charge is 0.416 e. The fourth-order valence-electron chi connectivity index (χ4n) is 3.10. The van der Waals surface area contributed by atoms with Gasteiger partial charge in [0, 0.05) is 19.0 Å². The lowest BCUT2D eigenvalue weighted by atomic mass is 10.0. The maximum absolute atomic E-state index is 12.0. The van der Waals surface area contributed by atoms with Crippen molar-refractivity contribution in [3.05, 3.63) is 101 Å².